The van der Waals surface area contributed by atoms with Crippen LogP contribution in [0, 0.1) is 6.92 Å². The van der Waals surface area contributed by atoms with Crippen molar-refractivity contribution in [2.75, 3.05) is 0 Å². The first-order valence-electron chi connectivity index (χ1n) is 6.81. The van der Waals surface area contributed by atoms with Crippen LogP contribution in [0.15, 0.2) is 34.9 Å². The molecule has 0 bridgehead atoms. The van der Waals surface area contributed by atoms with Crippen LogP contribution in [0.3, 0.4) is 0 Å². The summed E-state index contributed by atoms with van der Waals surface area (Å²) in [6.45, 7) is 5.76. The number of aromatic amines is 1. The number of pyridine rings is 1. The van der Waals surface area contributed by atoms with Crippen molar-refractivity contribution in [3.8, 4) is 0 Å². The van der Waals surface area contributed by atoms with Crippen LogP contribution in [0.1, 0.15) is 43.7 Å². The molecule has 2 aromatic heterocycles. The van der Waals surface area contributed by atoms with E-state index < -0.39 is 0 Å². The van der Waals surface area contributed by atoms with E-state index in [-0.39, 0.29) is 24.3 Å². The minimum Gasteiger partial charge on any atom is -0.351 e. The van der Waals surface area contributed by atoms with Gasteiger partial charge >= 0.3 is 0 Å². The molecule has 1 amide bonds. The van der Waals surface area contributed by atoms with Gasteiger partial charge in [0.05, 0.1) is 11.1 Å². The molecule has 3 rings (SSSR count). The van der Waals surface area contributed by atoms with Gasteiger partial charge in [0.15, 0.2) is 0 Å². The molecule has 0 unspecified atom stereocenters. The predicted octanol–water partition coefficient (Wildman–Crippen LogP) is 3.53. The molecule has 0 spiro atoms. The van der Waals surface area contributed by atoms with Gasteiger partial charge in [0.2, 0.25) is 5.43 Å². The van der Waals surface area contributed by atoms with Gasteiger partial charge < -0.3 is 10.3 Å². The van der Waals surface area contributed by atoms with Crippen LogP contribution in [0.4, 0.5) is 0 Å². The molecule has 2 aromatic rings. The first-order chi connectivity index (χ1) is 10.2. The van der Waals surface area contributed by atoms with Crippen molar-refractivity contribution in [2.24, 2.45) is 0 Å². The second-order valence-electron chi connectivity index (χ2n) is 4.28. The summed E-state index contributed by atoms with van der Waals surface area (Å²) in [6, 6.07) is 0. The third kappa shape index (κ3) is 3.33. The molecule has 0 radical (unpaired) electrons. The Balaban J connectivity index is 0.000000775. The van der Waals surface area contributed by atoms with Gasteiger partial charge in [-0.05, 0) is 24.5 Å². The Bertz CT molecular complexity index is 784. The molecule has 0 saturated heterocycles. The van der Waals surface area contributed by atoms with E-state index in [4.69, 9.17) is 0 Å². The molecule has 0 aliphatic heterocycles. The lowest BCUT2D eigenvalue weighted by Crippen LogP contribution is -2.28. The zero-order chi connectivity index (χ0) is 15.4. The average molecular weight is 319 g/mol. The van der Waals surface area contributed by atoms with Crippen LogP contribution >= 0.6 is 11.5 Å². The molecule has 0 aromatic carbocycles. The molecule has 5 nitrogen and oxygen atoms in total. The number of amides is 1. The summed E-state index contributed by atoms with van der Waals surface area (Å²) >= 11 is 1.22. The molecule has 0 fully saturated rings. The smallest absolute Gasteiger partial charge is 0.260 e. The standard InChI is InChI=1S/C13H11N3O2S.C2H6.CH4/c1-7-10-11(17)9(6-14-13(10)19-16-7)12(18)15-8-4-2-3-5-8;1-2;/h2-4,6H,5H2,1H3,(H,14,17)(H,15,18);1-2H3;1H4. The number of allylic oxidation sites excluding steroid dienone is 3. The topological polar surface area (TPSA) is 74.8 Å². The number of aromatic nitrogens is 2. The second kappa shape index (κ2) is 7.70. The van der Waals surface area contributed by atoms with E-state index in [0.717, 1.165) is 5.70 Å². The van der Waals surface area contributed by atoms with E-state index in [9.17, 15) is 9.59 Å². The molecule has 118 valence electrons. The van der Waals surface area contributed by atoms with Gasteiger partial charge in [0, 0.05) is 18.3 Å². The highest BCUT2D eigenvalue weighted by Crippen LogP contribution is 2.16. The molecule has 0 saturated carbocycles. The Labute approximate surface area is 133 Å². The van der Waals surface area contributed by atoms with Gasteiger partial charge in [-0.1, -0.05) is 33.4 Å². The Hall–Kier alpha value is -2.21. The summed E-state index contributed by atoms with van der Waals surface area (Å²) in [5.74, 6) is -0.385. The molecule has 1 aliphatic rings. The van der Waals surface area contributed by atoms with Crippen molar-refractivity contribution in [3.05, 3.63) is 51.6 Å². The highest BCUT2D eigenvalue weighted by Gasteiger charge is 2.16. The van der Waals surface area contributed by atoms with E-state index in [1.165, 1.54) is 17.7 Å². The molecular weight excluding hydrogens is 298 g/mol. The molecule has 22 heavy (non-hydrogen) atoms. The molecule has 6 heteroatoms. The lowest BCUT2D eigenvalue weighted by atomic mass is 10.2. The van der Waals surface area contributed by atoms with E-state index in [1.807, 2.05) is 32.1 Å². The third-order valence-corrected chi connectivity index (χ3v) is 3.84. The first kappa shape index (κ1) is 17.8. The number of H-pyrrole nitrogens is 1. The fourth-order valence-electron chi connectivity index (χ4n) is 2.00. The van der Waals surface area contributed by atoms with Crippen LogP contribution in [-0.2, 0) is 0 Å². The lowest BCUT2D eigenvalue weighted by molar-refractivity contribution is 0.0964. The maximum atomic E-state index is 12.3. The third-order valence-electron chi connectivity index (χ3n) is 2.97. The van der Waals surface area contributed by atoms with E-state index in [0.29, 0.717) is 22.3 Å². The highest BCUT2D eigenvalue weighted by atomic mass is 32.1. The van der Waals surface area contributed by atoms with Gasteiger partial charge in [-0.25, -0.2) is 0 Å². The number of nitrogens with zero attached hydrogens (tertiary/aromatic N) is 1. The maximum absolute atomic E-state index is 12.3. The highest BCUT2D eigenvalue weighted by molar-refractivity contribution is 7.12. The largest absolute Gasteiger partial charge is 0.351 e. The quantitative estimate of drug-likeness (QED) is 0.889. The van der Waals surface area contributed by atoms with Crippen molar-refractivity contribution in [2.45, 2.75) is 34.6 Å². The summed E-state index contributed by atoms with van der Waals surface area (Å²) in [4.78, 5) is 28.0. The van der Waals surface area contributed by atoms with Crippen molar-refractivity contribution < 1.29 is 4.79 Å². The maximum Gasteiger partial charge on any atom is 0.260 e. The van der Waals surface area contributed by atoms with E-state index >= 15 is 0 Å². The van der Waals surface area contributed by atoms with Crippen LogP contribution in [-0.4, -0.2) is 15.3 Å². The Morgan fingerprint density at radius 2 is 2.14 bits per heavy atom. The number of hydrogen-bond acceptors (Lipinski definition) is 4. The second-order valence-corrected chi connectivity index (χ2v) is 5.06. The summed E-state index contributed by atoms with van der Waals surface area (Å²) in [5, 5.41) is 3.23. The minimum atomic E-state index is -0.385. The number of hydrogen-bond donors (Lipinski definition) is 2. The summed E-state index contributed by atoms with van der Waals surface area (Å²) < 4.78 is 4.12. The molecule has 2 N–H and O–H groups in total. The number of aryl methyl sites for hydroxylation is 1. The van der Waals surface area contributed by atoms with E-state index in [1.54, 1.807) is 6.92 Å². The molecule has 1 aliphatic carbocycles. The monoisotopic (exact) mass is 319 g/mol. The van der Waals surface area contributed by atoms with Crippen LogP contribution < -0.4 is 10.7 Å². The Morgan fingerprint density at radius 3 is 2.77 bits per heavy atom. The Kier molecular flexibility index (Phi) is 6.24. The van der Waals surface area contributed by atoms with Gasteiger partial charge in [-0.3, -0.25) is 9.59 Å². The van der Waals surface area contributed by atoms with Gasteiger partial charge in [-0.2, -0.15) is 4.37 Å². The number of carbonyl (C=O) groups excluding carboxylic acids is 1. The molecular formula is C16H21N3O2S. The van der Waals surface area contributed by atoms with Gasteiger partial charge in [-0.15, -0.1) is 0 Å². The van der Waals surface area contributed by atoms with Crippen LogP contribution in [0.5, 0.6) is 0 Å². The van der Waals surface area contributed by atoms with Crippen molar-refractivity contribution in [1.82, 2.24) is 14.7 Å². The first-order valence-corrected chi connectivity index (χ1v) is 7.59. The number of carbonyl (C=O) groups is 1. The van der Waals surface area contributed by atoms with Crippen molar-refractivity contribution in [3.63, 3.8) is 0 Å². The lowest BCUT2D eigenvalue weighted by Gasteiger charge is -2.05. The zero-order valence-electron chi connectivity index (χ0n) is 12.2. The minimum absolute atomic E-state index is 0. The molecule has 2 heterocycles. The van der Waals surface area contributed by atoms with Crippen molar-refractivity contribution >= 4 is 27.7 Å². The Morgan fingerprint density at radius 1 is 1.41 bits per heavy atom. The summed E-state index contributed by atoms with van der Waals surface area (Å²) in [5.41, 5.74) is 1.29. The van der Waals surface area contributed by atoms with E-state index in [2.05, 4.69) is 14.7 Å². The number of rotatable bonds is 2. The molecule has 0 atom stereocenters. The van der Waals surface area contributed by atoms with Crippen LogP contribution in [0.25, 0.3) is 10.2 Å². The SMILES string of the molecule is C.CC.Cc1nsc2[nH]cc(C(=O)NC3=CC=CC3)c(=O)c12. The number of nitrogens with one attached hydrogen (secondary N) is 2. The average Bonchev–Trinajstić information content (AvgIpc) is 3.12. The van der Waals surface area contributed by atoms with Crippen molar-refractivity contribution in [1.29, 1.82) is 0 Å². The fraction of sp³-hybridized carbons (Fsp3) is 0.312. The normalized spacial score (nSPS) is 12.2. The zero-order valence-corrected chi connectivity index (χ0v) is 13.0. The fourth-order valence-corrected chi connectivity index (χ4v) is 2.76. The summed E-state index contributed by atoms with van der Waals surface area (Å²) in [6.07, 6.45) is 7.76. The predicted molar refractivity (Wildman–Crippen MR) is 92.4 cm³/mol. The van der Waals surface area contributed by atoms with Gasteiger partial charge in [0.1, 0.15) is 10.4 Å². The van der Waals surface area contributed by atoms with Crippen LogP contribution in [0.2, 0.25) is 0 Å². The van der Waals surface area contributed by atoms with Gasteiger partial charge in [0.25, 0.3) is 5.91 Å². The number of fused-ring (bicyclic) bond motifs is 1. The summed E-state index contributed by atoms with van der Waals surface area (Å²) in [7, 11) is 0.